The van der Waals surface area contributed by atoms with Crippen molar-refractivity contribution in [3.63, 3.8) is 0 Å². The molecule has 2 amide bonds. The second-order valence-electron chi connectivity index (χ2n) is 5.53. The van der Waals surface area contributed by atoms with Crippen LogP contribution in [0, 0.1) is 0 Å². The van der Waals surface area contributed by atoms with Gasteiger partial charge in [0.25, 0.3) is 11.5 Å². The molecular formula is C14H10ClF3N4O5. The molecule has 0 saturated carbocycles. The summed E-state index contributed by atoms with van der Waals surface area (Å²) in [5, 5.41) is 3.34. The normalized spacial score (nSPS) is 18.9. The minimum absolute atomic E-state index is 0.176. The molecule has 0 aromatic carbocycles. The number of nitrogens with zero attached hydrogens (tertiary/aromatic N) is 1. The lowest BCUT2D eigenvalue weighted by Crippen LogP contribution is -2.62. The van der Waals surface area contributed by atoms with E-state index in [1.54, 1.807) is 4.98 Å². The van der Waals surface area contributed by atoms with Gasteiger partial charge >= 0.3 is 11.9 Å². The average Bonchev–Trinajstić information content (AvgIpc) is 3.18. The molecule has 0 fully saturated rings. The second-order valence-corrected chi connectivity index (χ2v) is 5.80. The molecule has 3 heterocycles. The number of fused-ring (bicyclic) bond motifs is 1. The molecule has 2 aromatic rings. The van der Waals surface area contributed by atoms with E-state index in [0.29, 0.717) is 4.57 Å². The van der Waals surface area contributed by atoms with Crippen LogP contribution in [0.25, 0.3) is 0 Å². The summed E-state index contributed by atoms with van der Waals surface area (Å²) in [6.45, 7) is -0.372. The highest BCUT2D eigenvalue weighted by Gasteiger charge is 2.68. The van der Waals surface area contributed by atoms with Gasteiger partial charge in [0.1, 0.15) is 23.0 Å². The molecule has 0 aliphatic carbocycles. The van der Waals surface area contributed by atoms with Gasteiger partial charge in [-0.25, -0.2) is 4.79 Å². The van der Waals surface area contributed by atoms with Crippen LogP contribution < -0.4 is 21.9 Å². The monoisotopic (exact) mass is 406 g/mol. The fourth-order valence-electron chi connectivity index (χ4n) is 2.78. The van der Waals surface area contributed by atoms with E-state index in [1.165, 1.54) is 23.7 Å². The van der Waals surface area contributed by atoms with Crippen molar-refractivity contribution in [3.8, 4) is 0 Å². The van der Waals surface area contributed by atoms with E-state index in [0.717, 1.165) is 0 Å². The molecule has 1 unspecified atom stereocenters. The van der Waals surface area contributed by atoms with Crippen LogP contribution in [0.1, 0.15) is 11.3 Å². The van der Waals surface area contributed by atoms with Gasteiger partial charge in [-0.2, -0.15) is 13.2 Å². The quantitative estimate of drug-likeness (QED) is 0.627. The molecule has 13 heteroatoms. The largest absolute Gasteiger partial charge is 0.467 e. The topological polar surface area (TPSA) is 126 Å². The van der Waals surface area contributed by atoms with E-state index in [-0.39, 0.29) is 12.3 Å². The molecule has 0 radical (unpaired) electrons. The van der Waals surface area contributed by atoms with Crippen molar-refractivity contribution in [1.29, 1.82) is 0 Å². The number of anilines is 1. The number of carbonyl (C=O) groups excluding carboxylic acids is 2. The molecule has 1 atom stereocenters. The Labute approximate surface area is 152 Å². The lowest BCUT2D eigenvalue weighted by molar-refractivity contribution is -0.200. The number of aromatic nitrogens is 2. The summed E-state index contributed by atoms with van der Waals surface area (Å²) in [5.74, 6) is -4.48. The van der Waals surface area contributed by atoms with E-state index in [2.05, 4.69) is 0 Å². The van der Waals surface area contributed by atoms with Gasteiger partial charge in [-0.1, -0.05) is 0 Å². The number of rotatable bonds is 4. The van der Waals surface area contributed by atoms with Gasteiger partial charge in [0.15, 0.2) is 0 Å². The lowest BCUT2D eigenvalue weighted by Gasteiger charge is -2.29. The van der Waals surface area contributed by atoms with Crippen molar-refractivity contribution >= 4 is 29.2 Å². The van der Waals surface area contributed by atoms with Gasteiger partial charge in [0, 0.05) is 0 Å². The Morgan fingerprint density at radius 1 is 1.33 bits per heavy atom. The SMILES string of the molecule is O=C(CCl)NC1(C(F)(F)F)C(=O)Nc2c1c(=O)[nH]c(=O)n2Cc1ccco1. The number of H-pyrrole nitrogens is 1. The molecule has 3 rings (SSSR count). The van der Waals surface area contributed by atoms with Gasteiger partial charge in [-0.05, 0) is 12.1 Å². The molecule has 1 aliphatic rings. The molecule has 2 aromatic heterocycles. The summed E-state index contributed by atoms with van der Waals surface area (Å²) in [6.07, 6.45) is -4.13. The number of nitrogens with one attached hydrogen (secondary N) is 3. The third-order valence-corrected chi connectivity index (χ3v) is 4.16. The zero-order chi connectivity index (χ0) is 20.0. The molecule has 0 spiro atoms. The van der Waals surface area contributed by atoms with Crippen LogP contribution in [0.5, 0.6) is 0 Å². The third kappa shape index (κ3) is 2.81. The first-order valence-electron chi connectivity index (χ1n) is 7.27. The summed E-state index contributed by atoms with van der Waals surface area (Å²) < 4.78 is 47.3. The van der Waals surface area contributed by atoms with E-state index in [9.17, 15) is 32.3 Å². The van der Waals surface area contributed by atoms with Crippen LogP contribution in [0.3, 0.4) is 0 Å². The van der Waals surface area contributed by atoms with Gasteiger partial charge in [0.2, 0.25) is 11.4 Å². The number of furan rings is 1. The summed E-state index contributed by atoms with van der Waals surface area (Å²) >= 11 is 5.24. The minimum Gasteiger partial charge on any atom is -0.467 e. The predicted octanol–water partition coefficient (Wildman–Crippen LogP) is 0.243. The molecular weight excluding hydrogens is 397 g/mol. The zero-order valence-electron chi connectivity index (χ0n) is 13.1. The fourth-order valence-corrected chi connectivity index (χ4v) is 2.84. The number of hydrogen-bond acceptors (Lipinski definition) is 5. The maximum absolute atomic E-state index is 13.9. The van der Waals surface area contributed by atoms with Crippen molar-refractivity contribution in [2.24, 2.45) is 0 Å². The predicted molar refractivity (Wildman–Crippen MR) is 84.4 cm³/mol. The number of aromatic amines is 1. The van der Waals surface area contributed by atoms with Crippen LogP contribution in [-0.4, -0.2) is 33.4 Å². The summed E-state index contributed by atoms with van der Waals surface area (Å²) in [5.41, 5.74) is -7.40. The Kier molecular flexibility index (Phi) is 4.38. The van der Waals surface area contributed by atoms with Crippen molar-refractivity contribution < 1.29 is 27.2 Å². The number of alkyl halides is 4. The van der Waals surface area contributed by atoms with Crippen LogP contribution in [0.15, 0.2) is 32.4 Å². The highest BCUT2D eigenvalue weighted by Crippen LogP contribution is 2.44. The molecule has 3 N–H and O–H groups in total. The van der Waals surface area contributed by atoms with Crippen LogP contribution in [-0.2, 0) is 21.7 Å². The Bertz CT molecular complexity index is 1030. The summed E-state index contributed by atoms with van der Waals surface area (Å²) in [4.78, 5) is 49.9. The average molecular weight is 407 g/mol. The highest BCUT2D eigenvalue weighted by molar-refractivity contribution is 6.27. The number of carbonyl (C=O) groups is 2. The summed E-state index contributed by atoms with van der Waals surface area (Å²) in [6, 6.07) is 2.92. The Balaban J connectivity index is 2.29. The van der Waals surface area contributed by atoms with Crippen LogP contribution >= 0.6 is 11.6 Å². The third-order valence-electron chi connectivity index (χ3n) is 3.91. The standard InChI is InChI=1S/C14H10ClF3N4O5/c15-4-7(23)21-13(14(16,17)18)8-9(19-11(13)25)22(12(26)20-10(8)24)5-6-2-1-3-27-6/h1-3H,4-5H2,(H,19,25)(H,21,23)(H,20,24,26). The van der Waals surface area contributed by atoms with E-state index >= 15 is 0 Å². The molecule has 27 heavy (non-hydrogen) atoms. The second kappa shape index (κ2) is 6.30. The Morgan fingerprint density at radius 2 is 2.04 bits per heavy atom. The minimum atomic E-state index is -5.40. The van der Waals surface area contributed by atoms with Gasteiger partial charge in [0.05, 0.1) is 12.8 Å². The number of halogens is 4. The maximum Gasteiger partial charge on any atom is 0.425 e. The molecule has 0 bridgehead atoms. The maximum atomic E-state index is 13.9. The van der Waals surface area contributed by atoms with E-state index < -0.39 is 52.0 Å². The zero-order valence-corrected chi connectivity index (χ0v) is 13.9. The highest BCUT2D eigenvalue weighted by atomic mass is 35.5. The molecule has 1 aliphatic heterocycles. The van der Waals surface area contributed by atoms with Crippen LogP contribution in [0.4, 0.5) is 19.0 Å². The van der Waals surface area contributed by atoms with E-state index in [1.807, 2.05) is 5.32 Å². The fraction of sp³-hybridized carbons (Fsp3) is 0.286. The first-order valence-corrected chi connectivity index (χ1v) is 7.80. The first kappa shape index (κ1) is 18.8. The lowest BCUT2D eigenvalue weighted by atomic mass is 9.92. The van der Waals surface area contributed by atoms with Crippen molar-refractivity contribution in [3.05, 3.63) is 50.6 Å². The van der Waals surface area contributed by atoms with E-state index in [4.69, 9.17) is 16.0 Å². The van der Waals surface area contributed by atoms with Crippen molar-refractivity contribution in [2.75, 3.05) is 11.2 Å². The first-order chi connectivity index (χ1) is 12.6. The summed E-state index contributed by atoms with van der Waals surface area (Å²) in [7, 11) is 0. The van der Waals surface area contributed by atoms with Gasteiger partial charge < -0.3 is 15.1 Å². The van der Waals surface area contributed by atoms with Gasteiger partial charge in [-0.3, -0.25) is 23.9 Å². The van der Waals surface area contributed by atoms with Crippen molar-refractivity contribution in [1.82, 2.24) is 14.9 Å². The van der Waals surface area contributed by atoms with Gasteiger partial charge in [-0.15, -0.1) is 11.6 Å². The molecule has 0 saturated heterocycles. The van der Waals surface area contributed by atoms with Crippen LogP contribution in [0.2, 0.25) is 0 Å². The molecule has 9 nitrogen and oxygen atoms in total. The number of amides is 2. The number of hydrogen-bond donors (Lipinski definition) is 3. The Hall–Kier alpha value is -3.02. The smallest absolute Gasteiger partial charge is 0.425 e. The van der Waals surface area contributed by atoms with Crippen molar-refractivity contribution in [2.45, 2.75) is 18.3 Å². The molecule has 144 valence electrons. The Morgan fingerprint density at radius 3 is 2.59 bits per heavy atom.